The average molecular weight is 334 g/mol. The summed E-state index contributed by atoms with van der Waals surface area (Å²) in [6.45, 7) is 6.74. The Morgan fingerprint density at radius 2 is 1.87 bits per heavy atom. The molecule has 1 atom stereocenters. The highest BCUT2D eigenvalue weighted by atomic mass is 32.1. The molecule has 0 aliphatic rings. The van der Waals surface area contributed by atoms with Gasteiger partial charge in [-0.1, -0.05) is 20.8 Å². The lowest BCUT2D eigenvalue weighted by Crippen LogP contribution is -2.29. The summed E-state index contributed by atoms with van der Waals surface area (Å²) in [5.74, 6) is 2.19. The predicted octanol–water partition coefficient (Wildman–Crippen LogP) is 3.79. The van der Waals surface area contributed by atoms with Crippen LogP contribution in [-0.4, -0.2) is 33.5 Å². The fraction of sp³-hybridized carbons (Fsp3) is 0.412. The van der Waals surface area contributed by atoms with Crippen LogP contribution in [0.5, 0.6) is 11.5 Å². The Kier molecular flexibility index (Phi) is 5.26. The van der Waals surface area contributed by atoms with E-state index in [-0.39, 0.29) is 16.5 Å². The number of thiocarbonyl (C=S) groups is 1. The fourth-order valence-electron chi connectivity index (χ4n) is 2.30. The maximum absolute atomic E-state index is 9.65. The van der Waals surface area contributed by atoms with Crippen molar-refractivity contribution >= 4 is 17.4 Å². The van der Waals surface area contributed by atoms with Crippen molar-refractivity contribution < 1.29 is 14.6 Å². The highest BCUT2D eigenvalue weighted by Crippen LogP contribution is 2.35. The van der Waals surface area contributed by atoms with Crippen LogP contribution in [0.2, 0.25) is 0 Å². The fourth-order valence-corrected chi connectivity index (χ4v) is 2.45. The minimum Gasteiger partial charge on any atom is -0.497 e. The van der Waals surface area contributed by atoms with E-state index in [0.29, 0.717) is 12.4 Å². The summed E-state index contributed by atoms with van der Waals surface area (Å²) in [6.07, 6.45) is 3.29. The molecule has 1 aromatic carbocycles. The summed E-state index contributed by atoms with van der Waals surface area (Å²) in [7, 11) is 1.63. The van der Waals surface area contributed by atoms with Crippen molar-refractivity contribution in [2.75, 3.05) is 13.7 Å². The first-order valence-corrected chi connectivity index (χ1v) is 7.77. The number of methoxy groups -OCH3 is 1. The lowest BCUT2D eigenvalue weighted by Gasteiger charge is -2.30. The molecule has 0 fully saturated rings. The number of ether oxygens (including phenoxy) is 2. The Morgan fingerprint density at radius 3 is 2.39 bits per heavy atom. The maximum Gasteiger partial charge on any atom is 0.266 e. The third-order valence-electron chi connectivity index (χ3n) is 3.71. The minimum absolute atomic E-state index is 0.0373. The zero-order valence-corrected chi connectivity index (χ0v) is 14.6. The van der Waals surface area contributed by atoms with Crippen molar-refractivity contribution in [1.29, 1.82) is 0 Å². The van der Waals surface area contributed by atoms with Crippen LogP contribution < -0.4 is 9.47 Å². The molecule has 0 aliphatic carbocycles. The smallest absolute Gasteiger partial charge is 0.266 e. The predicted molar refractivity (Wildman–Crippen MR) is 93.5 cm³/mol. The van der Waals surface area contributed by atoms with Crippen molar-refractivity contribution in [3.05, 3.63) is 42.5 Å². The molecular weight excluding hydrogens is 312 g/mol. The van der Waals surface area contributed by atoms with E-state index in [9.17, 15) is 5.11 Å². The van der Waals surface area contributed by atoms with Crippen LogP contribution in [0.25, 0.3) is 0 Å². The standard InChI is InChI=1S/C17H22N2O3S/c1-17(2,3)14(15-18-9-10-19(15)16(20)23)11-22-13-7-5-12(21-4)6-8-13/h5-10,14H,11H2,1-4H3,(H,20,23). The molecule has 2 rings (SSSR count). The van der Waals surface area contributed by atoms with E-state index in [0.717, 1.165) is 11.5 Å². The molecule has 0 bridgehead atoms. The summed E-state index contributed by atoms with van der Waals surface area (Å²) in [5, 5.41) is 9.44. The molecule has 1 unspecified atom stereocenters. The van der Waals surface area contributed by atoms with Gasteiger partial charge in [0.25, 0.3) is 5.17 Å². The molecule has 0 spiro atoms. The molecule has 1 aromatic heterocycles. The molecule has 0 amide bonds. The Morgan fingerprint density at radius 1 is 1.26 bits per heavy atom. The van der Waals surface area contributed by atoms with Gasteiger partial charge in [0.2, 0.25) is 0 Å². The van der Waals surface area contributed by atoms with E-state index in [2.05, 4.69) is 25.8 Å². The molecule has 23 heavy (non-hydrogen) atoms. The summed E-state index contributed by atoms with van der Waals surface area (Å²) in [6, 6.07) is 7.43. The van der Waals surface area contributed by atoms with Gasteiger partial charge >= 0.3 is 0 Å². The molecule has 0 radical (unpaired) electrons. The zero-order chi connectivity index (χ0) is 17.0. The molecule has 0 saturated carbocycles. The van der Waals surface area contributed by atoms with Crippen LogP contribution in [0.4, 0.5) is 0 Å². The lowest BCUT2D eigenvalue weighted by molar-refractivity contribution is 0.195. The molecule has 0 aliphatic heterocycles. The van der Waals surface area contributed by atoms with Gasteiger partial charge in [0.05, 0.1) is 19.6 Å². The van der Waals surface area contributed by atoms with E-state index in [1.165, 1.54) is 4.57 Å². The Hall–Kier alpha value is -2.08. The zero-order valence-electron chi connectivity index (χ0n) is 13.8. The van der Waals surface area contributed by atoms with E-state index < -0.39 is 0 Å². The molecule has 0 saturated heterocycles. The van der Waals surface area contributed by atoms with Gasteiger partial charge in [-0.15, -0.1) is 0 Å². The Labute approximate surface area is 141 Å². The number of benzene rings is 1. The third kappa shape index (κ3) is 4.22. The van der Waals surface area contributed by atoms with Crippen molar-refractivity contribution in [2.24, 2.45) is 5.41 Å². The lowest BCUT2D eigenvalue weighted by atomic mass is 9.80. The van der Waals surface area contributed by atoms with E-state index in [1.807, 2.05) is 24.3 Å². The van der Waals surface area contributed by atoms with Crippen LogP contribution in [0.15, 0.2) is 36.7 Å². The van der Waals surface area contributed by atoms with Gasteiger partial charge in [-0.2, -0.15) is 0 Å². The number of hydrogen-bond donors (Lipinski definition) is 1. The van der Waals surface area contributed by atoms with E-state index in [1.54, 1.807) is 19.5 Å². The van der Waals surface area contributed by atoms with E-state index >= 15 is 0 Å². The first-order valence-electron chi connectivity index (χ1n) is 7.36. The SMILES string of the molecule is COc1ccc(OCC(c2nccn2C(O)=S)C(C)(C)C)cc1. The topological polar surface area (TPSA) is 56.5 Å². The number of rotatable bonds is 5. The first-order chi connectivity index (χ1) is 10.8. The van der Waals surface area contributed by atoms with Crippen LogP contribution in [0.1, 0.15) is 32.5 Å². The number of aromatic nitrogens is 2. The van der Waals surface area contributed by atoms with Gasteiger partial charge < -0.3 is 14.6 Å². The molecule has 6 heteroatoms. The van der Waals surface area contributed by atoms with Crippen LogP contribution >= 0.6 is 12.2 Å². The van der Waals surface area contributed by atoms with E-state index in [4.69, 9.17) is 21.7 Å². The van der Waals surface area contributed by atoms with Crippen LogP contribution in [0.3, 0.4) is 0 Å². The van der Waals surface area contributed by atoms with Gasteiger partial charge in [0, 0.05) is 12.4 Å². The first kappa shape index (κ1) is 17.3. The second-order valence-electron chi connectivity index (χ2n) is 6.34. The molecule has 1 heterocycles. The van der Waals surface area contributed by atoms with Gasteiger partial charge in [0.1, 0.15) is 17.3 Å². The molecule has 2 aromatic rings. The molecular formula is C17H22N2O3S. The van der Waals surface area contributed by atoms with Gasteiger partial charge in [0.15, 0.2) is 0 Å². The van der Waals surface area contributed by atoms with Crippen LogP contribution in [-0.2, 0) is 0 Å². The number of imidazole rings is 1. The monoisotopic (exact) mass is 334 g/mol. The molecule has 1 N–H and O–H groups in total. The van der Waals surface area contributed by atoms with Crippen LogP contribution in [0, 0.1) is 5.41 Å². The molecule has 5 nitrogen and oxygen atoms in total. The highest BCUT2D eigenvalue weighted by molar-refractivity contribution is 7.79. The summed E-state index contributed by atoms with van der Waals surface area (Å²) < 4.78 is 12.6. The second-order valence-corrected chi connectivity index (χ2v) is 6.71. The largest absolute Gasteiger partial charge is 0.497 e. The van der Waals surface area contributed by atoms with Gasteiger partial charge in [-0.05, 0) is 41.9 Å². The minimum atomic E-state index is -0.212. The molecule has 124 valence electrons. The summed E-state index contributed by atoms with van der Waals surface area (Å²) in [5.41, 5.74) is -0.111. The van der Waals surface area contributed by atoms with Gasteiger partial charge in [-0.3, -0.25) is 4.57 Å². The summed E-state index contributed by atoms with van der Waals surface area (Å²) >= 11 is 4.87. The van der Waals surface area contributed by atoms with Crippen molar-refractivity contribution in [3.8, 4) is 11.5 Å². The van der Waals surface area contributed by atoms with Crippen molar-refractivity contribution in [2.45, 2.75) is 26.7 Å². The van der Waals surface area contributed by atoms with Gasteiger partial charge in [-0.25, -0.2) is 4.98 Å². The Bertz CT molecular complexity index is 659. The quantitative estimate of drug-likeness (QED) is 0.843. The number of hydrogen-bond acceptors (Lipinski definition) is 4. The number of aliphatic hydroxyl groups excluding tert-OH is 1. The summed E-state index contributed by atoms with van der Waals surface area (Å²) in [4.78, 5) is 4.36. The number of aliphatic hydroxyl groups is 1. The Balaban J connectivity index is 2.19. The normalized spacial score (nSPS) is 12.7. The average Bonchev–Trinajstić information content (AvgIpc) is 2.96. The van der Waals surface area contributed by atoms with Crippen molar-refractivity contribution in [3.63, 3.8) is 0 Å². The van der Waals surface area contributed by atoms with Crippen molar-refractivity contribution in [1.82, 2.24) is 9.55 Å². The second kappa shape index (κ2) is 7.00. The highest BCUT2D eigenvalue weighted by Gasteiger charge is 2.31. The maximum atomic E-state index is 9.65. The third-order valence-corrected chi connectivity index (χ3v) is 3.91. The number of nitrogens with zero attached hydrogens (tertiary/aromatic N) is 2.